The van der Waals surface area contributed by atoms with Crippen molar-refractivity contribution in [3.8, 4) is 0 Å². The third-order valence-electron chi connectivity index (χ3n) is 3.07. The Morgan fingerprint density at radius 1 is 1.09 bits per heavy atom. The summed E-state index contributed by atoms with van der Waals surface area (Å²) in [5, 5.41) is 10.7. The third-order valence-corrected chi connectivity index (χ3v) is 3.07. The standard InChI is InChI=1S/C18H31NO4/c1-5-6-7-8-9-10-11-12-13-18(22)23-16(14-17(20)21)15-19(2,3)4/h8-9,12-13,16H,5-7,10-11,14-15H2,1-4H3/b9-8+,13-12+. The lowest BCUT2D eigenvalue weighted by molar-refractivity contribution is -0.873. The van der Waals surface area contributed by atoms with Crippen molar-refractivity contribution in [3.63, 3.8) is 0 Å². The zero-order chi connectivity index (χ0) is 17.7. The number of nitrogens with zero attached hydrogens (tertiary/aromatic N) is 1. The molecule has 0 saturated heterocycles. The predicted octanol–water partition coefficient (Wildman–Crippen LogP) is 1.83. The third kappa shape index (κ3) is 15.1. The summed E-state index contributed by atoms with van der Waals surface area (Å²) >= 11 is 0. The van der Waals surface area contributed by atoms with Crippen molar-refractivity contribution < 1.29 is 23.9 Å². The number of hydrogen-bond donors (Lipinski definition) is 0. The molecule has 0 aromatic carbocycles. The lowest BCUT2D eigenvalue weighted by Gasteiger charge is -2.29. The van der Waals surface area contributed by atoms with E-state index in [1.165, 1.54) is 18.9 Å². The molecule has 0 heterocycles. The van der Waals surface area contributed by atoms with Crippen molar-refractivity contribution in [2.24, 2.45) is 0 Å². The number of carbonyl (C=O) groups is 2. The molecule has 1 unspecified atom stereocenters. The van der Waals surface area contributed by atoms with Crippen LogP contribution in [0.5, 0.6) is 0 Å². The summed E-state index contributed by atoms with van der Waals surface area (Å²) in [5.74, 6) is -1.71. The number of carboxylic acids is 1. The molecule has 0 aliphatic rings. The van der Waals surface area contributed by atoms with Gasteiger partial charge in [0.2, 0.25) is 0 Å². The number of unbranched alkanes of at least 4 members (excludes halogenated alkanes) is 3. The first kappa shape index (κ1) is 21.4. The molecule has 5 nitrogen and oxygen atoms in total. The number of ether oxygens (including phenoxy) is 1. The molecule has 0 fully saturated rings. The van der Waals surface area contributed by atoms with Gasteiger partial charge in [0.15, 0.2) is 6.10 Å². The molecule has 0 bridgehead atoms. The molecule has 132 valence electrons. The Hall–Kier alpha value is -1.62. The van der Waals surface area contributed by atoms with Crippen LogP contribution in [0.1, 0.15) is 45.4 Å². The van der Waals surface area contributed by atoms with Gasteiger partial charge in [-0.15, -0.1) is 0 Å². The van der Waals surface area contributed by atoms with Gasteiger partial charge in [0, 0.05) is 18.5 Å². The Kier molecular flexibility index (Phi) is 11.0. The first-order valence-electron chi connectivity index (χ1n) is 8.27. The maximum absolute atomic E-state index is 11.7. The number of carbonyl (C=O) groups excluding carboxylic acids is 2. The summed E-state index contributed by atoms with van der Waals surface area (Å²) in [4.78, 5) is 22.5. The van der Waals surface area contributed by atoms with Gasteiger partial charge in [-0.2, -0.15) is 0 Å². The summed E-state index contributed by atoms with van der Waals surface area (Å²) in [7, 11) is 5.74. The van der Waals surface area contributed by atoms with Gasteiger partial charge in [-0.3, -0.25) is 0 Å². The number of quaternary nitrogens is 1. The number of esters is 1. The summed E-state index contributed by atoms with van der Waals surface area (Å²) in [6.45, 7) is 2.59. The molecule has 0 aliphatic heterocycles. The fourth-order valence-corrected chi connectivity index (χ4v) is 2.07. The van der Waals surface area contributed by atoms with Crippen molar-refractivity contribution in [3.05, 3.63) is 24.3 Å². The van der Waals surface area contributed by atoms with Gasteiger partial charge in [-0.25, -0.2) is 4.79 Å². The van der Waals surface area contributed by atoms with E-state index in [1.54, 1.807) is 6.08 Å². The minimum absolute atomic E-state index is 0.282. The van der Waals surface area contributed by atoms with Gasteiger partial charge in [-0.05, 0) is 19.3 Å². The second kappa shape index (κ2) is 11.9. The van der Waals surface area contributed by atoms with E-state index in [0.717, 1.165) is 19.3 Å². The van der Waals surface area contributed by atoms with Crippen LogP contribution in [0.2, 0.25) is 0 Å². The first-order chi connectivity index (χ1) is 10.7. The van der Waals surface area contributed by atoms with Crippen molar-refractivity contribution >= 4 is 11.9 Å². The van der Waals surface area contributed by atoms with Gasteiger partial charge < -0.3 is 19.1 Å². The van der Waals surface area contributed by atoms with E-state index in [1.807, 2.05) is 21.1 Å². The number of aliphatic carboxylic acids is 1. The Bertz CT molecular complexity index is 408. The molecule has 0 aromatic rings. The molecule has 0 saturated carbocycles. The molecular weight excluding hydrogens is 294 g/mol. The largest absolute Gasteiger partial charge is 0.550 e. The maximum Gasteiger partial charge on any atom is 0.330 e. The zero-order valence-electron chi connectivity index (χ0n) is 14.9. The van der Waals surface area contributed by atoms with E-state index in [4.69, 9.17) is 4.74 Å². The molecule has 0 radical (unpaired) electrons. The number of likely N-dealkylation sites (N-methyl/N-ethyl adjacent to an activating group) is 1. The molecule has 23 heavy (non-hydrogen) atoms. The van der Waals surface area contributed by atoms with Crippen LogP contribution in [0.25, 0.3) is 0 Å². The van der Waals surface area contributed by atoms with Crippen LogP contribution >= 0.6 is 0 Å². The average Bonchev–Trinajstić information content (AvgIpc) is 2.39. The van der Waals surface area contributed by atoms with Gasteiger partial charge in [0.1, 0.15) is 6.54 Å². The Morgan fingerprint density at radius 2 is 1.70 bits per heavy atom. The highest BCUT2D eigenvalue weighted by atomic mass is 16.5. The van der Waals surface area contributed by atoms with Crippen molar-refractivity contribution in [1.82, 2.24) is 0 Å². The topological polar surface area (TPSA) is 66.4 Å². The van der Waals surface area contributed by atoms with E-state index in [-0.39, 0.29) is 6.42 Å². The van der Waals surface area contributed by atoms with Gasteiger partial charge in [-0.1, -0.05) is 38.0 Å². The molecule has 0 aliphatic carbocycles. The molecule has 1 atom stereocenters. The predicted molar refractivity (Wildman–Crippen MR) is 89.4 cm³/mol. The fraction of sp³-hybridized carbons (Fsp3) is 0.667. The zero-order valence-corrected chi connectivity index (χ0v) is 14.9. The second-order valence-corrected chi connectivity index (χ2v) is 6.70. The van der Waals surface area contributed by atoms with Crippen LogP contribution in [0, 0.1) is 0 Å². The van der Waals surface area contributed by atoms with Gasteiger partial charge in [0.05, 0.1) is 21.1 Å². The van der Waals surface area contributed by atoms with Crippen molar-refractivity contribution in [2.75, 3.05) is 27.7 Å². The van der Waals surface area contributed by atoms with Crippen LogP contribution in [0.15, 0.2) is 24.3 Å². The van der Waals surface area contributed by atoms with Crippen LogP contribution in [-0.4, -0.2) is 50.2 Å². The monoisotopic (exact) mass is 325 g/mol. The smallest absolute Gasteiger partial charge is 0.330 e. The summed E-state index contributed by atoms with van der Waals surface area (Å²) in [6, 6.07) is 0. The highest BCUT2D eigenvalue weighted by molar-refractivity contribution is 5.82. The number of rotatable bonds is 12. The molecule has 0 spiro atoms. The summed E-state index contributed by atoms with van der Waals surface area (Å²) in [5.41, 5.74) is 0. The Labute approximate surface area is 140 Å². The lowest BCUT2D eigenvalue weighted by Crippen LogP contribution is -2.45. The van der Waals surface area contributed by atoms with Gasteiger partial charge in [0.25, 0.3) is 0 Å². The molecule has 0 N–H and O–H groups in total. The Balaban J connectivity index is 4.17. The second-order valence-electron chi connectivity index (χ2n) is 6.70. The van der Waals surface area contributed by atoms with E-state index in [2.05, 4.69) is 19.1 Å². The van der Waals surface area contributed by atoms with Crippen LogP contribution < -0.4 is 5.11 Å². The average molecular weight is 325 g/mol. The molecular formula is C18H31NO4. The molecule has 0 aromatic heterocycles. The quantitative estimate of drug-likeness (QED) is 0.180. The minimum Gasteiger partial charge on any atom is -0.550 e. The van der Waals surface area contributed by atoms with E-state index < -0.39 is 18.0 Å². The van der Waals surface area contributed by atoms with Crippen LogP contribution in [0.4, 0.5) is 0 Å². The van der Waals surface area contributed by atoms with Crippen molar-refractivity contribution in [1.29, 1.82) is 0 Å². The highest BCUT2D eigenvalue weighted by Gasteiger charge is 2.21. The normalized spacial score (nSPS) is 13.6. The molecule has 0 amide bonds. The van der Waals surface area contributed by atoms with Crippen LogP contribution in [-0.2, 0) is 14.3 Å². The number of hydrogen-bond acceptors (Lipinski definition) is 4. The molecule has 5 heteroatoms. The van der Waals surface area contributed by atoms with Crippen LogP contribution in [0.3, 0.4) is 0 Å². The SMILES string of the molecule is CCCC/C=C/CC/C=C/C(=O)OC(CC(=O)[O-])C[N+](C)(C)C. The van der Waals surface area contributed by atoms with E-state index in [9.17, 15) is 14.7 Å². The minimum atomic E-state index is -1.21. The number of allylic oxidation sites excluding steroid dienone is 3. The first-order valence-corrected chi connectivity index (χ1v) is 8.27. The van der Waals surface area contributed by atoms with E-state index in [0.29, 0.717) is 11.0 Å². The lowest BCUT2D eigenvalue weighted by atomic mass is 10.2. The van der Waals surface area contributed by atoms with Gasteiger partial charge >= 0.3 is 5.97 Å². The summed E-state index contributed by atoms with van der Waals surface area (Å²) < 4.78 is 5.73. The highest BCUT2D eigenvalue weighted by Crippen LogP contribution is 2.06. The van der Waals surface area contributed by atoms with Crippen molar-refractivity contribution in [2.45, 2.75) is 51.6 Å². The fourth-order valence-electron chi connectivity index (χ4n) is 2.07. The maximum atomic E-state index is 11.7. The number of carboxylic acid groups (broad SMARTS) is 1. The Morgan fingerprint density at radius 3 is 2.26 bits per heavy atom. The molecule has 0 rings (SSSR count). The summed E-state index contributed by atoms with van der Waals surface area (Å²) in [6.07, 6.45) is 11.6. The van der Waals surface area contributed by atoms with E-state index >= 15 is 0 Å².